The zero-order chi connectivity index (χ0) is 73.7. The van der Waals surface area contributed by atoms with Crippen LogP contribution in [0.15, 0.2) is 238 Å². The molecule has 0 saturated carbocycles. The summed E-state index contributed by atoms with van der Waals surface area (Å²) in [5, 5.41) is -2.76. The van der Waals surface area contributed by atoms with Gasteiger partial charge in [-0.25, -0.2) is 0 Å². The summed E-state index contributed by atoms with van der Waals surface area (Å²) in [4.78, 5) is -1.08. The fourth-order valence-corrected chi connectivity index (χ4v) is 8.88. The molecular formula is C59H37NO2S. The third kappa shape index (κ3) is 5.41. The van der Waals surface area contributed by atoms with E-state index in [1.807, 2.05) is 0 Å². The summed E-state index contributed by atoms with van der Waals surface area (Å²) in [7, 11) is 0. The Hall–Kier alpha value is -7.79. The smallest absolute Gasteiger partial charge is 0.143 e. The van der Waals surface area contributed by atoms with Crippen LogP contribution in [0.2, 0.25) is 0 Å². The van der Waals surface area contributed by atoms with Crippen molar-refractivity contribution in [2.75, 3.05) is 4.90 Å². The van der Waals surface area contributed by atoms with Crippen LogP contribution in [0, 0.1) is 0 Å². The summed E-state index contributed by atoms with van der Waals surface area (Å²) in [5.74, 6) is -1.86. The van der Waals surface area contributed by atoms with E-state index in [0.29, 0.717) is 4.90 Å². The molecule has 0 unspecified atom stereocenters. The van der Waals surface area contributed by atoms with Gasteiger partial charge < -0.3 is 14.1 Å². The number of fused-ring (bicyclic) bond motifs is 13. The van der Waals surface area contributed by atoms with Crippen LogP contribution in [0.4, 0.5) is 17.1 Å². The molecule has 0 N–H and O–H groups in total. The van der Waals surface area contributed by atoms with Gasteiger partial charge in [0.05, 0.1) is 61.8 Å². The summed E-state index contributed by atoms with van der Waals surface area (Å²) < 4.78 is 355. The van der Waals surface area contributed by atoms with Gasteiger partial charge in [0.15, 0.2) is 0 Å². The molecule has 13 rings (SSSR count). The van der Waals surface area contributed by atoms with E-state index in [0.717, 1.165) is 0 Å². The highest BCUT2D eigenvalue weighted by molar-refractivity contribution is 7.99. The van der Waals surface area contributed by atoms with E-state index in [9.17, 15) is 30.2 Å². The van der Waals surface area contributed by atoms with Gasteiger partial charge in [0.1, 0.15) is 22.7 Å². The molecule has 0 atom stereocenters. The molecule has 0 amide bonds. The number of rotatable bonds is 5. The Bertz CT molecular complexity index is 5600. The topological polar surface area (TPSA) is 25.6 Å². The predicted molar refractivity (Wildman–Crippen MR) is 259 cm³/mol. The molecule has 0 radical (unpaired) electrons. The van der Waals surface area contributed by atoms with Gasteiger partial charge in [0.2, 0.25) is 0 Å². The van der Waals surface area contributed by atoms with Gasteiger partial charge in [0, 0.05) is 53.8 Å². The van der Waals surface area contributed by atoms with E-state index >= 15 is 0 Å². The van der Waals surface area contributed by atoms with E-state index in [1.165, 1.54) is 0 Å². The van der Waals surface area contributed by atoms with Crippen molar-refractivity contribution in [3.63, 3.8) is 0 Å². The normalized spacial score (nSPS) is 21.5. The number of benzene rings is 10. The molecule has 296 valence electrons. The van der Waals surface area contributed by atoms with E-state index in [1.54, 1.807) is 0 Å². The van der Waals surface area contributed by atoms with E-state index in [2.05, 4.69) is 0 Å². The third-order valence-corrected chi connectivity index (χ3v) is 11.4. The van der Waals surface area contributed by atoms with Crippen molar-refractivity contribution in [3.8, 4) is 33.8 Å². The molecule has 2 aliphatic rings. The van der Waals surface area contributed by atoms with Gasteiger partial charge in [0.25, 0.3) is 0 Å². The van der Waals surface area contributed by atoms with E-state index < -0.39 is 345 Å². The minimum absolute atomic E-state index is 0.250. The maximum atomic E-state index is 10.2. The monoisotopic (exact) mass is 860 g/mol. The number of furan rings is 1. The first-order valence-electron chi connectivity index (χ1n) is 36.9. The summed E-state index contributed by atoms with van der Waals surface area (Å²) in [5.41, 5.74) is -15.4. The predicted octanol–water partition coefficient (Wildman–Crippen LogP) is 16.5. The van der Waals surface area contributed by atoms with Gasteiger partial charge >= 0.3 is 0 Å². The maximum absolute atomic E-state index is 10.2. The fourth-order valence-electron chi connectivity index (χ4n) is 7.71. The molecule has 1 aromatic heterocycles. The molecule has 0 saturated heterocycles. The third-order valence-electron chi connectivity index (χ3n) is 10.3. The highest BCUT2D eigenvalue weighted by atomic mass is 32.2. The van der Waals surface area contributed by atoms with Crippen molar-refractivity contribution >= 4 is 61.5 Å². The zero-order valence-electron chi connectivity index (χ0n) is 68.2. The zero-order valence-corrected chi connectivity index (χ0v) is 32.0. The van der Waals surface area contributed by atoms with Crippen LogP contribution < -0.4 is 9.64 Å². The Balaban J connectivity index is 1.23. The Labute approximate surface area is 421 Å². The van der Waals surface area contributed by atoms with Gasteiger partial charge in [-0.1, -0.05) is 175 Å². The molecule has 0 bridgehead atoms. The van der Waals surface area contributed by atoms with Gasteiger partial charge in [-0.2, -0.15) is 0 Å². The lowest BCUT2D eigenvalue weighted by atomic mass is 9.63. The first-order chi connectivity index (χ1) is 46.6. The second-order valence-electron chi connectivity index (χ2n) is 13.5. The van der Waals surface area contributed by atoms with Crippen LogP contribution >= 0.6 is 11.8 Å². The summed E-state index contributed by atoms with van der Waals surface area (Å²) in [6.45, 7) is 0. The first-order valence-corrected chi connectivity index (χ1v) is 19.2. The molecule has 1 spiro atoms. The van der Waals surface area contributed by atoms with Crippen molar-refractivity contribution in [2.45, 2.75) is 15.2 Å². The van der Waals surface area contributed by atoms with Crippen LogP contribution in [-0.2, 0) is 5.41 Å². The van der Waals surface area contributed by atoms with Crippen molar-refractivity contribution in [1.29, 1.82) is 0 Å². The second-order valence-corrected chi connectivity index (χ2v) is 14.6. The Morgan fingerprint density at radius 2 is 0.968 bits per heavy atom. The molecule has 10 aromatic carbocycles. The number of nitrogens with zero attached hydrogens (tertiary/aromatic N) is 1. The summed E-state index contributed by atoms with van der Waals surface area (Å²) in [6, 6.07) is -40.8. The van der Waals surface area contributed by atoms with E-state index in [-0.39, 0.29) is 11.8 Å². The highest BCUT2D eigenvalue weighted by Crippen LogP contribution is 2.62. The van der Waals surface area contributed by atoms with Crippen molar-refractivity contribution in [1.82, 2.24) is 0 Å². The fraction of sp³-hybridized carbons (Fsp3) is 0.0169. The molecule has 4 heteroatoms. The van der Waals surface area contributed by atoms with Gasteiger partial charge in [-0.05, 0) is 93.8 Å². The Morgan fingerprint density at radius 3 is 1.73 bits per heavy atom. The van der Waals surface area contributed by atoms with Crippen molar-refractivity contribution < 1.29 is 59.9 Å². The standard InChI is InChI=1S/C59H37NO2S/c1-2-14-38(15-3-1)39-28-32-41(33-29-39)60(52-23-13-18-46-44(52)36-37-47-45-16-4-8-24-53(45)62-57(46)47)42-34-30-40(31-35-42)43-17-12-22-51-58(43)63-56-27-11-7-21-50(56)59(51)48-19-5-9-25-54(48)61-55-26-10-6-20-49(55)59/h1-37H/i1D,2D,3D,4D,5D,6D,7D,8D,9D,10D,11D,12D,13D,14D,15D,16D,17D,18D,19D,20D,21D,22D,23D,24D,25D,26D,27D,28D,29D,30D,31D,32D,33D,34D,35D,36D,37D. The van der Waals surface area contributed by atoms with Crippen LogP contribution in [-0.4, -0.2) is 0 Å². The van der Waals surface area contributed by atoms with Crippen molar-refractivity contribution in [2.24, 2.45) is 0 Å². The average molecular weight is 861 g/mol. The number of ether oxygens (including phenoxy) is 1. The maximum Gasteiger partial charge on any atom is 0.143 e. The Morgan fingerprint density at radius 1 is 0.413 bits per heavy atom. The Kier molecular flexibility index (Phi) is 3.35. The molecule has 0 fully saturated rings. The van der Waals surface area contributed by atoms with Crippen LogP contribution in [0.25, 0.3) is 55.0 Å². The number of anilines is 3. The molecule has 11 aromatic rings. The van der Waals surface area contributed by atoms with E-state index in [4.69, 9.17) is 29.7 Å². The first kappa shape index (κ1) is 14.9. The lowest BCUT2D eigenvalue weighted by molar-refractivity contribution is 0.431. The molecule has 3 heterocycles. The molecule has 2 aliphatic heterocycles. The molecular weight excluding hydrogens is 787 g/mol. The van der Waals surface area contributed by atoms with Crippen LogP contribution in [0.3, 0.4) is 0 Å². The summed E-state index contributed by atoms with van der Waals surface area (Å²) in [6.07, 6.45) is 0. The minimum atomic E-state index is -3.14. The van der Waals surface area contributed by atoms with Gasteiger partial charge in [-0.3, -0.25) is 0 Å². The number of para-hydroxylation sites is 3. The average Bonchev–Trinajstić information content (AvgIpc) is 0.771. The largest absolute Gasteiger partial charge is 0.457 e. The minimum Gasteiger partial charge on any atom is -0.457 e. The second kappa shape index (κ2) is 14.1. The van der Waals surface area contributed by atoms with Gasteiger partial charge in [-0.15, -0.1) is 0 Å². The number of hydrogen-bond donors (Lipinski definition) is 0. The summed E-state index contributed by atoms with van der Waals surface area (Å²) >= 11 is 0.250. The molecule has 0 aliphatic carbocycles. The highest BCUT2D eigenvalue weighted by Gasteiger charge is 2.49. The molecule has 63 heavy (non-hydrogen) atoms. The molecule has 3 nitrogen and oxygen atoms in total. The quantitative estimate of drug-likeness (QED) is 0.172. The lowest BCUT2D eigenvalue weighted by Gasteiger charge is -2.45. The van der Waals surface area contributed by atoms with Crippen LogP contribution in [0.1, 0.15) is 73.0 Å². The number of hydrogen-bond acceptors (Lipinski definition) is 4. The van der Waals surface area contributed by atoms with Crippen LogP contribution in [0.5, 0.6) is 11.5 Å². The SMILES string of the molecule is [2H]c1c([2H])c([2H])c(-c2c([2H])c([2H])c(N(c3c([2H])c([2H])c(-c4c([2H])c([2H])c([2H])c5c4Sc4c([2H])c([2H])c([2H])c([2H])c4C54c5c([2H])c([2H])c([2H])c([2H])c5Oc5c([2H])c([2H])c([2H])c([2H])c54)c([2H])c3[2H])c3c([2H])c([2H])c([2H])c4c3c([2H])c([2H])c3c4oc4c([2H])c([2H])c([2H])c([2H])c43)c([2H])c2[2H])c([2H])c1[2H]. The lowest BCUT2D eigenvalue weighted by Crippen LogP contribution is -2.36. The van der Waals surface area contributed by atoms with Crippen molar-refractivity contribution in [3.05, 3.63) is 246 Å².